The second kappa shape index (κ2) is 8.50. The van der Waals surface area contributed by atoms with Crippen LogP contribution in [0.4, 0.5) is 11.5 Å². The number of hydrogen-bond donors (Lipinski definition) is 0. The Morgan fingerprint density at radius 2 is 1.97 bits per heavy atom. The molecular weight excluding hydrogens is 382 g/mol. The Kier molecular flexibility index (Phi) is 5.86. The van der Waals surface area contributed by atoms with E-state index >= 15 is 0 Å². The van der Waals surface area contributed by atoms with Crippen molar-refractivity contribution in [1.82, 2.24) is 14.5 Å². The van der Waals surface area contributed by atoms with Gasteiger partial charge in [0.05, 0.1) is 17.6 Å². The number of anilines is 1. The number of ether oxygens (including phenoxy) is 1. The lowest BCUT2D eigenvalue weighted by Gasteiger charge is -2.35. The third kappa shape index (κ3) is 4.39. The van der Waals surface area contributed by atoms with Crippen molar-refractivity contribution >= 4 is 23.4 Å². The van der Waals surface area contributed by atoms with Crippen LogP contribution in [0.25, 0.3) is 0 Å². The van der Waals surface area contributed by atoms with Crippen molar-refractivity contribution in [3.8, 4) is 0 Å². The number of methoxy groups -OCH3 is 1. The normalized spacial score (nSPS) is 13.8. The smallest absolute Gasteiger partial charge is 0.339 e. The van der Waals surface area contributed by atoms with Gasteiger partial charge in [-0.05, 0) is 12.1 Å². The van der Waals surface area contributed by atoms with Gasteiger partial charge in [-0.15, -0.1) is 0 Å². The van der Waals surface area contributed by atoms with Gasteiger partial charge in [-0.3, -0.25) is 24.3 Å². The molecular formula is C18H19N5O6. The van der Waals surface area contributed by atoms with Crippen LogP contribution in [0.1, 0.15) is 10.4 Å². The van der Waals surface area contributed by atoms with Crippen LogP contribution in [0.3, 0.4) is 0 Å². The Morgan fingerprint density at radius 3 is 2.55 bits per heavy atom. The maximum absolute atomic E-state index is 12.6. The molecule has 1 aliphatic rings. The summed E-state index contributed by atoms with van der Waals surface area (Å²) in [7, 11) is 1.12. The number of pyridine rings is 2. The molecule has 0 atom stereocenters. The molecule has 2 aromatic heterocycles. The van der Waals surface area contributed by atoms with Crippen molar-refractivity contribution in [3.63, 3.8) is 0 Å². The number of aromatic nitrogens is 2. The van der Waals surface area contributed by atoms with Gasteiger partial charge >= 0.3 is 17.2 Å². The zero-order chi connectivity index (χ0) is 21.0. The quantitative estimate of drug-likeness (QED) is 0.397. The molecule has 0 bridgehead atoms. The highest BCUT2D eigenvalue weighted by Crippen LogP contribution is 2.13. The largest absolute Gasteiger partial charge is 0.465 e. The molecule has 0 unspecified atom stereocenters. The Hall–Kier alpha value is -3.76. The molecule has 0 saturated carbocycles. The van der Waals surface area contributed by atoms with Crippen molar-refractivity contribution < 1.29 is 19.2 Å². The van der Waals surface area contributed by atoms with Crippen LogP contribution in [-0.2, 0) is 16.1 Å². The topological polar surface area (TPSA) is 128 Å². The number of esters is 1. The van der Waals surface area contributed by atoms with E-state index < -0.39 is 28.7 Å². The third-order valence-corrected chi connectivity index (χ3v) is 4.60. The maximum atomic E-state index is 12.6. The highest BCUT2D eigenvalue weighted by Gasteiger charge is 2.25. The summed E-state index contributed by atoms with van der Waals surface area (Å²) in [5.74, 6) is -0.389. The molecule has 3 heterocycles. The SMILES string of the molecule is COC(=O)c1cc([N+](=O)[O-])c(=O)n(CC(=O)N2CCN(c3ccccn3)CC2)c1. The molecule has 3 rings (SSSR count). The number of piperazine rings is 1. The summed E-state index contributed by atoms with van der Waals surface area (Å²) < 4.78 is 5.43. The van der Waals surface area contributed by atoms with Gasteiger partial charge in [0, 0.05) is 44.6 Å². The fourth-order valence-electron chi connectivity index (χ4n) is 3.07. The summed E-state index contributed by atoms with van der Waals surface area (Å²) in [6, 6.07) is 6.44. The van der Waals surface area contributed by atoms with Crippen molar-refractivity contribution in [2.24, 2.45) is 0 Å². The fraction of sp³-hybridized carbons (Fsp3) is 0.333. The summed E-state index contributed by atoms with van der Waals surface area (Å²) in [6.07, 6.45) is 2.80. The molecule has 1 saturated heterocycles. The molecule has 0 aliphatic carbocycles. The number of nitro groups is 1. The van der Waals surface area contributed by atoms with Crippen LogP contribution < -0.4 is 10.5 Å². The number of amides is 1. The summed E-state index contributed by atoms with van der Waals surface area (Å²) >= 11 is 0. The van der Waals surface area contributed by atoms with E-state index in [0.29, 0.717) is 26.2 Å². The van der Waals surface area contributed by atoms with Gasteiger partial charge in [-0.25, -0.2) is 9.78 Å². The molecule has 11 heteroatoms. The van der Waals surface area contributed by atoms with E-state index in [9.17, 15) is 24.5 Å². The zero-order valence-electron chi connectivity index (χ0n) is 15.7. The first kappa shape index (κ1) is 20.0. The summed E-state index contributed by atoms with van der Waals surface area (Å²) in [4.78, 5) is 54.8. The van der Waals surface area contributed by atoms with E-state index in [0.717, 1.165) is 29.8 Å². The van der Waals surface area contributed by atoms with Crippen molar-refractivity contribution in [3.05, 3.63) is 62.7 Å². The first-order valence-corrected chi connectivity index (χ1v) is 8.81. The lowest BCUT2D eigenvalue weighted by atomic mass is 10.2. The van der Waals surface area contributed by atoms with Gasteiger partial charge in [0.15, 0.2) is 0 Å². The maximum Gasteiger partial charge on any atom is 0.339 e. The minimum Gasteiger partial charge on any atom is -0.465 e. The first-order valence-electron chi connectivity index (χ1n) is 8.81. The van der Waals surface area contributed by atoms with E-state index in [1.54, 1.807) is 11.1 Å². The molecule has 152 valence electrons. The fourth-order valence-corrected chi connectivity index (χ4v) is 3.07. The van der Waals surface area contributed by atoms with E-state index in [2.05, 4.69) is 9.72 Å². The molecule has 0 aromatic carbocycles. The number of carbonyl (C=O) groups is 2. The number of carbonyl (C=O) groups excluding carboxylic acids is 2. The second-order valence-electron chi connectivity index (χ2n) is 6.35. The minimum absolute atomic E-state index is 0.174. The zero-order valence-corrected chi connectivity index (χ0v) is 15.7. The molecule has 1 fully saturated rings. The van der Waals surface area contributed by atoms with Crippen LogP contribution >= 0.6 is 0 Å². The average molecular weight is 401 g/mol. The average Bonchev–Trinajstić information content (AvgIpc) is 2.75. The van der Waals surface area contributed by atoms with Crippen molar-refractivity contribution in [2.75, 3.05) is 38.2 Å². The monoisotopic (exact) mass is 401 g/mol. The van der Waals surface area contributed by atoms with Crippen LogP contribution in [0.5, 0.6) is 0 Å². The lowest BCUT2D eigenvalue weighted by Crippen LogP contribution is -2.50. The Labute approximate surface area is 165 Å². The van der Waals surface area contributed by atoms with Gasteiger partial charge in [0.1, 0.15) is 12.4 Å². The van der Waals surface area contributed by atoms with Gasteiger partial charge in [0.25, 0.3) is 0 Å². The number of rotatable bonds is 5. The highest BCUT2D eigenvalue weighted by atomic mass is 16.6. The summed E-state index contributed by atoms with van der Waals surface area (Å²) in [6.45, 7) is 1.57. The van der Waals surface area contributed by atoms with E-state index in [1.165, 1.54) is 0 Å². The highest BCUT2D eigenvalue weighted by molar-refractivity contribution is 5.89. The van der Waals surface area contributed by atoms with Gasteiger partial charge in [-0.1, -0.05) is 6.07 Å². The number of nitrogens with zero attached hydrogens (tertiary/aromatic N) is 5. The van der Waals surface area contributed by atoms with Crippen molar-refractivity contribution in [2.45, 2.75) is 6.54 Å². The van der Waals surface area contributed by atoms with E-state index in [4.69, 9.17) is 0 Å². The lowest BCUT2D eigenvalue weighted by molar-refractivity contribution is -0.386. The van der Waals surface area contributed by atoms with Crippen LogP contribution in [0.2, 0.25) is 0 Å². The molecule has 1 amide bonds. The molecule has 0 spiro atoms. The molecule has 0 N–H and O–H groups in total. The summed E-state index contributed by atoms with van der Waals surface area (Å²) in [5, 5.41) is 11.1. The molecule has 0 radical (unpaired) electrons. The van der Waals surface area contributed by atoms with Gasteiger partial charge in [-0.2, -0.15) is 0 Å². The van der Waals surface area contributed by atoms with Crippen molar-refractivity contribution in [1.29, 1.82) is 0 Å². The molecule has 2 aromatic rings. The second-order valence-corrected chi connectivity index (χ2v) is 6.35. The van der Waals surface area contributed by atoms with E-state index in [-0.39, 0.29) is 11.5 Å². The molecule has 11 nitrogen and oxygen atoms in total. The first-order chi connectivity index (χ1) is 13.9. The van der Waals surface area contributed by atoms with E-state index in [1.807, 2.05) is 23.1 Å². The number of hydrogen-bond acceptors (Lipinski definition) is 8. The summed E-state index contributed by atoms with van der Waals surface area (Å²) in [5.41, 5.74) is -1.92. The third-order valence-electron chi connectivity index (χ3n) is 4.60. The molecule has 1 aliphatic heterocycles. The Balaban J connectivity index is 1.74. The van der Waals surface area contributed by atoms with Crippen LogP contribution in [-0.4, -0.2) is 64.5 Å². The standard InChI is InChI=1S/C18H19N5O6/c1-29-18(26)13-10-14(23(27)28)17(25)22(11-13)12-16(24)21-8-6-20(7-9-21)15-4-2-3-5-19-15/h2-5,10-11H,6-9,12H2,1H3. The van der Waals surface area contributed by atoms with Crippen LogP contribution in [0, 0.1) is 10.1 Å². The van der Waals surface area contributed by atoms with Gasteiger partial charge in [0.2, 0.25) is 5.91 Å². The minimum atomic E-state index is -0.955. The Morgan fingerprint density at radius 1 is 1.24 bits per heavy atom. The van der Waals surface area contributed by atoms with Crippen LogP contribution in [0.15, 0.2) is 41.5 Å². The van der Waals surface area contributed by atoms with Gasteiger partial charge < -0.3 is 14.5 Å². The predicted molar refractivity (Wildman–Crippen MR) is 102 cm³/mol. The predicted octanol–water partition coefficient (Wildman–Crippen LogP) is 0.287. The molecule has 29 heavy (non-hydrogen) atoms. The Bertz CT molecular complexity index is 982.